The molecule has 0 saturated heterocycles. The molecule has 0 saturated carbocycles. The molecule has 1 N–H and O–H groups in total. The monoisotopic (exact) mass is 216 g/mol. The number of aliphatic carboxylic acids is 1. The van der Waals surface area contributed by atoms with Crippen molar-refractivity contribution in [3.63, 3.8) is 0 Å². The lowest BCUT2D eigenvalue weighted by molar-refractivity contribution is -0.136. The Morgan fingerprint density at radius 3 is 2.69 bits per heavy atom. The van der Waals surface area contributed by atoms with Crippen molar-refractivity contribution in [1.82, 2.24) is 9.55 Å². The van der Waals surface area contributed by atoms with Crippen LogP contribution in [0.25, 0.3) is 11.3 Å². The van der Waals surface area contributed by atoms with E-state index in [-0.39, 0.29) is 6.42 Å². The van der Waals surface area contributed by atoms with Gasteiger partial charge in [-0.25, -0.2) is 4.98 Å². The van der Waals surface area contributed by atoms with Crippen LogP contribution >= 0.6 is 0 Å². The molecular weight excluding hydrogens is 204 g/mol. The van der Waals surface area contributed by atoms with Gasteiger partial charge in [0.05, 0.1) is 11.9 Å². The number of benzene rings is 1. The molecule has 4 heteroatoms. The van der Waals surface area contributed by atoms with E-state index < -0.39 is 5.97 Å². The van der Waals surface area contributed by atoms with Crippen molar-refractivity contribution in [1.29, 1.82) is 0 Å². The van der Waals surface area contributed by atoms with E-state index in [4.69, 9.17) is 5.11 Å². The quantitative estimate of drug-likeness (QED) is 0.849. The molecule has 0 atom stereocenters. The standard InChI is InChI=1S/C12H12N2O2/c1-14-10(9-5-3-2-4-6-9)8-13-11(14)7-12(15)16/h2-6,8H,7H2,1H3,(H,15,16). The number of hydrogen-bond donors (Lipinski definition) is 1. The van der Waals surface area contributed by atoms with E-state index in [1.165, 1.54) is 0 Å². The molecule has 0 aliphatic carbocycles. The molecule has 16 heavy (non-hydrogen) atoms. The van der Waals surface area contributed by atoms with Gasteiger partial charge in [-0.2, -0.15) is 0 Å². The van der Waals surface area contributed by atoms with Crippen LogP contribution in [0.3, 0.4) is 0 Å². The average Bonchev–Trinajstić information content (AvgIpc) is 2.61. The van der Waals surface area contributed by atoms with E-state index in [2.05, 4.69) is 4.98 Å². The summed E-state index contributed by atoms with van der Waals surface area (Å²) in [5.74, 6) is -0.306. The third-order valence-corrected chi connectivity index (χ3v) is 2.46. The molecule has 0 amide bonds. The second-order valence-electron chi connectivity index (χ2n) is 3.56. The number of aromatic nitrogens is 2. The minimum Gasteiger partial charge on any atom is -0.481 e. The Labute approximate surface area is 93.2 Å². The summed E-state index contributed by atoms with van der Waals surface area (Å²) in [6, 6.07) is 9.78. The van der Waals surface area contributed by atoms with E-state index in [0.29, 0.717) is 5.82 Å². The molecule has 0 radical (unpaired) electrons. The number of carbonyl (C=O) groups is 1. The van der Waals surface area contributed by atoms with Crippen LogP contribution in [0, 0.1) is 0 Å². The van der Waals surface area contributed by atoms with Crippen LogP contribution in [0.4, 0.5) is 0 Å². The molecule has 0 unspecified atom stereocenters. The number of rotatable bonds is 3. The Morgan fingerprint density at radius 1 is 1.38 bits per heavy atom. The van der Waals surface area contributed by atoms with Crippen molar-refractivity contribution in [3.05, 3.63) is 42.4 Å². The molecule has 2 rings (SSSR count). The van der Waals surface area contributed by atoms with E-state index in [0.717, 1.165) is 11.3 Å². The van der Waals surface area contributed by atoms with Gasteiger partial charge in [0.1, 0.15) is 12.2 Å². The van der Waals surface area contributed by atoms with Crippen LogP contribution in [0.1, 0.15) is 5.82 Å². The van der Waals surface area contributed by atoms with Gasteiger partial charge < -0.3 is 9.67 Å². The summed E-state index contributed by atoms with van der Waals surface area (Å²) in [4.78, 5) is 14.7. The lowest BCUT2D eigenvalue weighted by Crippen LogP contribution is -2.07. The Bertz CT molecular complexity index is 503. The van der Waals surface area contributed by atoms with Gasteiger partial charge in [0, 0.05) is 7.05 Å². The Hall–Kier alpha value is -2.10. The van der Waals surface area contributed by atoms with Crippen LogP contribution in [0.15, 0.2) is 36.5 Å². The SMILES string of the molecule is Cn1c(-c2ccccc2)cnc1CC(=O)O. The van der Waals surface area contributed by atoms with E-state index in [9.17, 15) is 4.79 Å². The van der Waals surface area contributed by atoms with Crippen molar-refractivity contribution >= 4 is 5.97 Å². The van der Waals surface area contributed by atoms with Crippen LogP contribution in [0.5, 0.6) is 0 Å². The van der Waals surface area contributed by atoms with Gasteiger partial charge >= 0.3 is 5.97 Å². The van der Waals surface area contributed by atoms with Crippen LogP contribution in [-0.2, 0) is 18.3 Å². The second-order valence-corrected chi connectivity index (χ2v) is 3.56. The van der Waals surface area contributed by atoms with Crippen molar-refractivity contribution in [2.24, 2.45) is 7.05 Å². The fraction of sp³-hybridized carbons (Fsp3) is 0.167. The molecule has 82 valence electrons. The fourth-order valence-corrected chi connectivity index (χ4v) is 1.62. The minimum absolute atomic E-state index is 0.0522. The van der Waals surface area contributed by atoms with E-state index in [1.54, 1.807) is 6.20 Å². The van der Waals surface area contributed by atoms with Crippen molar-refractivity contribution in [3.8, 4) is 11.3 Å². The topological polar surface area (TPSA) is 55.1 Å². The largest absolute Gasteiger partial charge is 0.481 e. The zero-order valence-corrected chi connectivity index (χ0v) is 8.92. The number of hydrogen-bond acceptors (Lipinski definition) is 2. The Morgan fingerprint density at radius 2 is 2.06 bits per heavy atom. The number of imidazole rings is 1. The zero-order chi connectivity index (χ0) is 11.5. The first-order valence-electron chi connectivity index (χ1n) is 4.96. The van der Waals surface area contributed by atoms with Gasteiger partial charge in [-0.1, -0.05) is 30.3 Å². The molecule has 2 aromatic rings. The summed E-state index contributed by atoms with van der Waals surface area (Å²) >= 11 is 0. The highest BCUT2D eigenvalue weighted by Gasteiger charge is 2.10. The zero-order valence-electron chi connectivity index (χ0n) is 8.92. The summed E-state index contributed by atoms with van der Waals surface area (Å²) in [6.45, 7) is 0. The molecule has 1 aromatic carbocycles. The molecule has 0 spiro atoms. The van der Waals surface area contributed by atoms with Gasteiger partial charge in [-0.05, 0) is 5.56 Å². The second kappa shape index (κ2) is 4.18. The molecule has 4 nitrogen and oxygen atoms in total. The Kier molecular flexibility index (Phi) is 2.72. The maximum Gasteiger partial charge on any atom is 0.311 e. The third kappa shape index (κ3) is 1.95. The lowest BCUT2D eigenvalue weighted by atomic mass is 10.2. The predicted molar refractivity (Wildman–Crippen MR) is 60.0 cm³/mol. The highest BCUT2D eigenvalue weighted by molar-refractivity contribution is 5.70. The summed E-state index contributed by atoms with van der Waals surface area (Å²) in [5.41, 5.74) is 1.96. The van der Waals surface area contributed by atoms with Crippen molar-refractivity contribution in [2.45, 2.75) is 6.42 Å². The molecule has 1 heterocycles. The van der Waals surface area contributed by atoms with E-state index >= 15 is 0 Å². The lowest BCUT2D eigenvalue weighted by Gasteiger charge is -2.04. The van der Waals surface area contributed by atoms with Gasteiger partial charge in [-0.15, -0.1) is 0 Å². The average molecular weight is 216 g/mol. The first-order chi connectivity index (χ1) is 7.68. The minimum atomic E-state index is -0.867. The van der Waals surface area contributed by atoms with Crippen LogP contribution in [0.2, 0.25) is 0 Å². The summed E-state index contributed by atoms with van der Waals surface area (Å²) in [7, 11) is 1.83. The smallest absolute Gasteiger partial charge is 0.311 e. The van der Waals surface area contributed by atoms with Crippen molar-refractivity contribution in [2.75, 3.05) is 0 Å². The molecule has 0 fully saturated rings. The Balaban J connectivity index is 2.37. The number of carboxylic acids is 1. The molecular formula is C12H12N2O2. The number of carboxylic acid groups (broad SMARTS) is 1. The molecule has 0 aliphatic rings. The number of nitrogens with zero attached hydrogens (tertiary/aromatic N) is 2. The summed E-state index contributed by atoms with van der Waals surface area (Å²) in [6.07, 6.45) is 1.65. The third-order valence-electron chi connectivity index (χ3n) is 2.46. The van der Waals surface area contributed by atoms with Crippen LogP contribution < -0.4 is 0 Å². The summed E-state index contributed by atoms with van der Waals surface area (Å²) < 4.78 is 1.81. The highest BCUT2D eigenvalue weighted by atomic mass is 16.4. The normalized spacial score (nSPS) is 10.3. The summed E-state index contributed by atoms with van der Waals surface area (Å²) in [5, 5.41) is 8.72. The molecule has 0 bridgehead atoms. The first kappa shape index (κ1) is 10.4. The fourth-order valence-electron chi connectivity index (χ4n) is 1.62. The first-order valence-corrected chi connectivity index (χ1v) is 4.96. The van der Waals surface area contributed by atoms with Gasteiger partial charge in [-0.3, -0.25) is 4.79 Å². The predicted octanol–water partition coefficient (Wildman–Crippen LogP) is 1.71. The van der Waals surface area contributed by atoms with E-state index in [1.807, 2.05) is 41.9 Å². The maximum absolute atomic E-state index is 10.6. The van der Waals surface area contributed by atoms with Crippen molar-refractivity contribution < 1.29 is 9.90 Å². The molecule has 1 aromatic heterocycles. The van der Waals surface area contributed by atoms with Gasteiger partial charge in [0.15, 0.2) is 0 Å². The maximum atomic E-state index is 10.6. The van der Waals surface area contributed by atoms with Crippen LogP contribution in [-0.4, -0.2) is 20.6 Å². The van der Waals surface area contributed by atoms with Gasteiger partial charge in [0.25, 0.3) is 0 Å². The molecule has 0 aliphatic heterocycles. The van der Waals surface area contributed by atoms with Gasteiger partial charge in [0.2, 0.25) is 0 Å². The highest BCUT2D eigenvalue weighted by Crippen LogP contribution is 2.19.